The van der Waals surface area contributed by atoms with Crippen molar-refractivity contribution in [3.8, 4) is 0 Å². The lowest BCUT2D eigenvalue weighted by atomic mass is 10.0. The molecule has 0 saturated carbocycles. The van der Waals surface area contributed by atoms with Crippen molar-refractivity contribution in [2.24, 2.45) is 0 Å². The van der Waals surface area contributed by atoms with Crippen molar-refractivity contribution < 1.29 is 15.0 Å². The standard InChI is InChI=1S/C81H135NO3/c1-3-5-7-9-11-13-15-17-19-21-23-25-27-29-31-33-35-37-38-39-40-41-42-43-44-45-47-49-51-53-55-57-59-61-63-65-67-69-71-73-75-77-81(85)82-79(78-83)80(84)76-74-72-70-68-66-64-62-60-58-56-54-52-50-48-46-36-34-32-30-28-26-24-22-20-18-16-14-12-10-8-6-4-2/h5,7,11,13,17,19,23,25,29,31,35,37,39-40,42-43,45,47,51,53,57-60,66,68,74,76,79-80,83-84H,3-4,6,8-10,12,14-16,18,20-22,24,26-28,30,32-34,36,38,41,44,46,48-50,52,54-56,61-65,67,69-73,75,77-78H2,1-2H3,(H,82,85)/b7-5-,13-11-,19-17-,25-23-,31-29-,37-35-,40-39-,43-42-,47-45-,53-51-,59-57-,60-58+,68-66+,76-74+. The predicted molar refractivity (Wildman–Crippen MR) is 381 cm³/mol. The van der Waals surface area contributed by atoms with E-state index in [0.29, 0.717) is 6.42 Å². The van der Waals surface area contributed by atoms with Crippen LogP contribution >= 0.6 is 0 Å². The minimum absolute atomic E-state index is 0.0937. The zero-order valence-corrected chi connectivity index (χ0v) is 55.6. The Kier molecular flexibility index (Phi) is 70.3. The van der Waals surface area contributed by atoms with Gasteiger partial charge in [0.2, 0.25) is 5.91 Å². The van der Waals surface area contributed by atoms with Crippen LogP contribution in [0.1, 0.15) is 316 Å². The number of aliphatic hydroxyl groups is 2. The molecule has 0 aliphatic heterocycles. The number of nitrogens with one attached hydrogen (secondary N) is 1. The van der Waals surface area contributed by atoms with Crippen LogP contribution in [0, 0.1) is 0 Å². The molecule has 0 heterocycles. The van der Waals surface area contributed by atoms with E-state index >= 15 is 0 Å². The highest BCUT2D eigenvalue weighted by molar-refractivity contribution is 5.76. The molecule has 0 fully saturated rings. The fourth-order valence-corrected chi connectivity index (χ4v) is 10.0. The van der Waals surface area contributed by atoms with E-state index in [0.717, 1.165) is 122 Å². The number of carbonyl (C=O) groups excluding carboxylic acids is 1. The molecule has 4 nitrogen and oxygen atoms in total. The smallest absolute Gasteiger partial charge is 0.220 e. The predicted octanol–water partition coefficient (Wildman–Crippen LogP) is 25.0. The summed E-state index contributed by atoms with van der Waals surface area (Å²) in [6.07, 6.45) is 119. The monoisotopic (exact) mass is 1170 g/mol. The highest BCUT2D eigenvalue weighted by Gasteiger charge is 2.18. The van der Waals surface area contributed by atoms with Crippen LogP contribution in [0.3, 0.4) is 0 Å². The summed E-state index contributed by atoms with van der Waals surface area (Å²) in [6, 6.07) is -0.667. The van der Waals surface area contributed by atoms with Gasteiger partial charge < -0.3 is 15.5 Å². The molecule has 85 heavy (non-hydrogen) atoms. The Bertz CT molecular complexity index is 1810. The van der Waals surface area contributed by atoms with E-state index in [1.54, 1.807) is 6.08 Å². The summed E-state index contributed by atoms with van der Waals surface area (Å²) in [6.45, 7) is 4.19. The molecule has 0 bridgehead atoms. The van der Waals surface area contributed by atoms with Crippen molar-refractivity contribution >= 4 is 5.91 Å². The largest absolute Gasteiger partial charge is 0.394 e. The Morgan fingerprint density at radius 3 is 0.824 bits per heavy atom. The van der Waals surface area contributed by atoms with Gasteiger partial charge >= 0.3 is 0 Å². The summed E-state index contributed by atoms with van der Waals surface area (Å²) >= 11 is 0. The van der Waals surface area contributed by atoms with E-state index < -0.39 is 12.1 Å². The first kappa shape index (κ1) is 80.8. The van der Waals surface area contributed by atoms with Gasteiger partial charge in [-0.2, -0.15) is 0 Å². The number of aliphatic hydroxyl groups excluding tert-OH is 2. The maximum absolute atomic E-state index is 12.5. The molecule has 0 saturated heterocycles. The number of hydrogen-bond acceptors (Lipinski definition) is 3. The van der Waals surface area contributed by atoms with E-state index in [2.05, 4.69) is 177 Å². The quantitative estimate of drug-likeness (QED) is 0.0420. The second-order valence-corrected chi connectivity index (χ2v) is 23.6. The Balaban J connectivity index is 3.64. The fourth-order valence-electron chi connectivity index (χ4n) is 10.0. The number of rotatable bonds is 64. The zero-order valence-electron chi connectivity index (χ0n) is 55.6. The van der Waals surface area contributed by atoms with Crippen molar-refractivity contribution in [3.05, 3.63) is 170 Å². The number of carbonyl (C=O) groups is 1. The van der Waals surface area contributed by atoms with Gasteiger partial charge in [-0.05, 0) is 128 Å². The lowest BCUT2D eigenvalue weighted by Crippen LogP contribution is -2.45. The number of unbranched alkanes of at least 4 members (excludes halogenated alkanes) is 31. The summed E-state index contributed by atoms with van der Waals surface area (Å²) in [5.74, 6) is -0.0937. The molecule has 0 aromatic heterocycles. The summed E-state index contributed by atoms with van der Waals surface area (Å²) < 4.78 is 0. The third-order valence-electron chi connectivity index (χ3n) is 15.4. The van der Waals surface area contributed by atoms with Gasteiger partial charge in [0.25, 0.3) is 0 Å². The van der Waals surface area contributed by atoms with E-state index in [1.165, 1.54) is 173 Å². The van der Waals surface area contributed by atoms with Crippen LogP contribution in [0.25, 0.3) is 0 Å². The number of allylic oxidation sites excluding steroid dienone is 27. The molecule has 0 aromatic carbocycles. The van der Waals surface area contributed by atoms with Gasteiger partial charge in [0, 0.05) is 6.42 Å². The SMILES string of the molecule is CC/C=C\C/C=C\C/C=C\C/C=C\C/C=C\C/C=C\C/C=C\C/C=C\C/C=C\C/C=C\C/C=C\CCCCCCCCCC(=O)NC(CO)C(O)/C=C/CC/C=C/CC/C=C/CCCCCCCCCCCCCCCCCCCCCCCC. The van der Waals surface area contributed by atoms with Crippen LogP contribution in [-0.4, -0.2) is 34.9 Å². The first-order chi connectivity index (χ1) is 42.2. The third-order valence-corrected chi connectivity index (χ3v) is 15.4. The average Bonchev–Trinajstić information content (AvgIpc) is 3.51. The van der Waals surface area contributed by atoms with Gasteiger partial charge in [-0.1, -0.05) is 351 Å². The van der Waals surface area contributed by atoms with E-state index in [1.807, 2.05) is 6.08 Å². The second kappa shape index (κ2) is 74.0. The van der Waals surface area contributed by atoms with Gasteiger partial charge in [-0.15, -0.1) is 0 Å². The summed E-state index contributed by atoms with van der Waals surface area (Å²) in [5, 5.41) is 23.3. The lowest BCUT2D eigenvalue weighted by Gasteiger charge is -2.19. The van der Waals surface area contributed by atoms with Gasteiger partial charge in [0.15, 0.2) is 0 Å². The van der Waals surface area contributed by atoms with Crippen molar-refractivity contribution in [3.63, 3.8) is 0 Å². The van der Waals surface area contributed by atoms with Crippen LogP contribution < -0.4 is 5.32 Å². The van der Waals surface area contributed by atoms with Crippen molar-refractivity contribution in [2.45, 2.75) is 328 Å². The molecule has 0 aliphatic carbocycles. The third kappa shape index (κ3) is 70.4. The van der Waals surface area contributed by atoms with E-state index in [4.69, 9.17) is 0 Å². The molecule has 2 unspecified atom stereocenters. The van der Waals surface area contributed by atoms with Gasteiger partial charge in [0.05, 0.1) is 18.8 Å². The van der Waals surface area contributed by atoms with E-state index in [-0.39, 0.29) is 12.5 Å². The highest BCUT2D eigenvalue weighted by Crippen LogP contribution is 2.17. The fraction of sp³-hybridized carbons (Fsp3) is 0.642. The second-order valence-electron chi connectivity index (χ2n) is 23.6. The maximum Gasteiger partial charge on any atom is 0.220 e. The minimum atomic E-state index is -0.890. The van der Waals surface area contributed by atoms with E-state index in [9.17, 15) is 15.0 Å². The average molecular weight is 1170 g/mol. The first-order valence-electron chi connectivity index (χ1n) is 35.8. The Hall–Kier alpha value is -4.25. The van der Waals surface area contributed by atoms with Crippen molar-refractivity contribution in [1.29, 1.82) is 0 Å². The molecule has 0 radical (unpaired) electrons. The number of amides is 1. The number of hydrogen-bond donors (Lipinski definition) is 3. The molecular formula is C81H135NO3. The Morgan fingerprint density at radius 2 is 0.529 bits per heavy atom. The molecule has 3 N–H and O–H groups in total. The molecule has 1 amide bonds. The zero-order chi connectivity index (χ0) is 61.2. The van der Waals surface area contributed by atoms with Crippen LogP contribution in [-0.2, 0) is 4.79 Å². The van der Waals surface area contributed by atoms with Gasteiger partial charge in [-0.25, -0.2) is 0 Å². The summed E-state index contributed by atoms with van der Waals surface area (Å²) in [4.78, 5) is 12.5. The van der Waals surface area contributed by atoms with Crippen molar-refractivity contribution in [1.82, 2.24) is 5.32 Å². The molecule has 0 aliphatic rings. The summed E-state index contributed by atoms with van der Waals surface area (Å²) in [7, 11) is 0. The normalized spacial score (nSPS) is 13.8. The first-order valence-corrected chi connectivity index (χ1v) is 35.8. The summed E-state index contributed by atoms with van der Waals surface area (Å²) in [5.41, 5.74) is 0. The Morgan fingerprint density at radius 1 is 0.294 bits per heavy atom. The molecule has 0 spiro atoms. The van der Waals surface area contributed by atoms with Gasteiger partial charge in [0.1, 0.15) is 0 Å². The molecular weight excluding hydrogens is 1030 g/mol. The molecule has 0 aromatic rings. The topological polar surface area (TPSA) is 69.6 Å². The van der Waals surface area contributed by atoms with Crippen molar-refractivity contribution in [2.75, 3.05) is 6.61 Å². The molecule has 4 heteroatoms. The lowest BCUT2D eigenvalue weighted by molar-refractivity contribution is -0.123. The van der Waals surface area contributed by atoms with Crippen LogP contribution in [0.4, 0.5) is 0 Å². The highest BCUT2D eigenvalue weighted by atomic mass is 16.3. The van der Waals surface area contributed by atoms with Gasteiger partial charge in [-0.3, -0.25) is 4.79 Å². The Labute approximate surface area is 528 Å². The molecule has 2 atom stereocenters. The van der Waals surface area contributed by atoms with Crippen LogP contribution in [0.15, 0.2) is 170 Å². The minimum Gasteiger partial charge on any atom is -0.394 e. The maximum atomic E-state index is 12.5. The van der Waals surface area contributed by atoms with Crippen LogP contribution in [0.2, 0.25) is 0 Å². The molecule has 0 rings (SSSR count). The van der Waals surface area contributed by atoms with Crippen LogP contribution in [0.5, 0.6) is 0 Å². The molecule has 482 valence electrons.